The van der Waals surface area contributed by atoms with E-state index in [1.807, 2.05) is 13.8 Å². The highest BCUT2D eigenvalue weighted by Gasteiger charge is 2.11. The van der Waals surface area contributed by atoms with E-state index in [9.17, 15) is 4.79 Å². The van der Waals surface area contributed by atoms with Crippen molar-refractivity contribution >= 4 is 17.0 Å². The summed E-state index contributed by atoms with van der Waals surface area (Å²) < 4.78 is 0. The topological polar surface area (TPSA) is 45.8 Å². The molecule has 0 radical (unpaired) electrons. The Labute approximate surface area is 93.8 Å². The normalized spacial score (nSPS) is 10.9. The fourth-order valence-corrected chi connectivity index (χ4v) is 1.85. The molecule has 2 aromatic heterocycles. The van der Waals surface area contributed by atoms with Gasteiger partial charge < -0.3 is 4.98 Å². The van der Waals surface area contributed by atoms with E-state index in [1.165, 1.54) is 0 Å². The van der Waals surface area contributed by atoms with Crippen LogP contribution in [0.3, 0.4) is 0 Å². The van der Waals surface area contributed by atoms with E-state index in [0.717, 1.165) is 16.8 Å². The largest absolute Gasteiger partial charge is 0.325 e. The molecular formula is C13H14N2O. The minimum atomic E-state index is -0.0857. The van der Waals surface area contributed by atoms with Gasteiger partial charge in [0.25, 0.3) is 5.56 Å². The first kappa shape index (κ1) is 10.6. The summed E-state index contributed by atoms with van der Waals surface area (Å²) in [4.78, 5) is 19.0. The van der Waals surface area contributed by atoms with Crippen LogP contribution in [0.25, 0.3) is 17.0 Å². The number of pyridine rings is 2. The molecule has 0 atom stereocenters. The first-order chi connectivity index (χ1) is 7.65. The lowest BCUT2D eigenvalue weighted by Gasteiger charge is -2.11. The second kappa shape index (κ2) is 3.93. The van der Waals surface area contributed by atoms with E-state index in [0.29, 0.717) is 5.39 Å². The molecule has 2 heterocycles. The first-order valence-corrected chi connectivity index (χ1v) is 5.28. The molecule has 1 N–H and O–H groups in total. The summed E-state index contributed by atoms with van der Waals surface area (Å²) in [5, 5.41) is 0.613. The fraction of sp³-hybridized carbons (Fsp3) is 0.231. The number of nitrogens with zero attached hydrogens (tertiary/aromatic N) is 1. The van der Waals surface area contributed by atoms with Crippen molar-refractivity contribution < 1.29 is 0 Å². The van der Waals surface area contributed by atoms with Crippen LogP contribution in [-0.2, 0) is 0 Å². The Bertz CT molecular complexity index is 596. The molecule has 0 aliphatic rings. The predicted octanol–water partition coefficient (Wildman–Crippen LogP) is 2.69. The second-order valence-corrected chi connectivity index (χ2v) is 4.04. The van der Waals surface area contributed by atoms with Crippen molar-refractivity contribution in [1.82, 2.24) is 9.97 Å². The maximum Gasteiger partial charge on any atom is 0.257 e. The van der Waals surface area contributed by atoms with E-state index in [-0.39, 0.29) is 11.5 Å². The van der Waals surface area contributed by atoms with Crippen molar-refractivity contribution in [2.75, 3.05) is 0 Å². The summed E-state index contributed by atoms with van der Waals surface area (Å²) in [6, 6.07) is 3.54. The Morgan fingerprint density at radius 3 is 2.88 bits per heavy atom. The Morgan fingerprint density at radius 2 is 2.25 bits per heavy atom. The number of fused-ring (bicyclic) bond motifs is 1. The van der Waals surface area contributed by atoms with Crippen molar-refractivity contribution in [2.24, 2.45) is 0 Å². The molecule has 3 nitrogen and oxygen atoms in total. The number of nitrogens with one attached hydrogen (secondary N) is 1. The lowest BCUT2D eigenvalue weighted by atomic mass is 10.0. The van der Waals surface area contributed by atoms with Crippen LogP contribution in [0.15, 0.2) is 29.7 Å². The molecule has 0 aliphatic heterocycles. The fourth-order valence-electron chi connectivity index (χ4n) is 1.85. The standard InChI is InChI=1S/C13H14N2O/c1-4-9-11(8(2)3)15-13(16)10-6-5-7-14-12(9)10/h4-8H,1H2,2-3H3,(H,15,16). The van der Waals surface area contributed by atoms with Gasteiger partial charge in [-0.3, -0.25) is 9.78 Å². The Kier molecular flexibility index (Phi) is 2.60. The van der Waals surface area contributed by atoms with Crippen LogP contribution < -0.4 is 5.56 Å². The van der Waals surface area contributed by atoms with Gasteiger partial charge in [-0.05, 0) is 18.1 Å². The lowest BCUT2D eigenvalue weighted by Crippen LogP contribution is -2.13. The molecule has 0 unspecified atom stereocenters. The number of aromatic nitrogens is 2. The molecule has 0 fully saturated rings. The molecule has 82 valence electrons. The molecule has 0 aliphatic carbocycles. The zero-order valence-corrected chi connectivity index (χ0v) is 9.45. The Hall–Kier alpha value is -1.90. The quantitative estimate of drug-likeness (QED) is 0.835. The van der Waals surface area contributed by atoms with Gasteiger partial charge in [-0.2, -0.15) is 0 Å². The number of hydrogen-bond acceptors (Lipinski definition) is 2. The Balaban J connectivity index is 2.96. The molecular weight excluding hydrogens is 200 g/mol. The molecule has 0 amide bonds. The van der Waals surface area contributed by atoms with Crippen LogP contribution in [0.1, 0.15) is 31.0 Å². The van der Waals surface area contributed by atoms with Crippen LogP contribution in [-0.4, -0.2) is 9.97 Å². The maximum absolute atomic E-state index is 11.8. The van der Waals surface area contributed by atoms with Gasteiger partial charge >= 0.3 is 0 Å². The highest BCUT2D eigenvalue weighted by atomic mass is 16.1. The van der Waals surface area contributed by atoms with Crippen molar-refractivity contribution in [3.05, 3.63) is 46.5 Å². The molecule has 0 spiro atoms. The molecule has 0 saturated heterocycles. The number of aromatic amines is 1. The number of hydrogen-bond donors (Lipinski definition) is 1. The third-order valence-corrected chi connectivity index (χ3v) is 2.63. The molecule has 0 saturated carbocycles. The minimum absolute atomic E-state index is 0.0857. The summed E-state index contributed by atoms with van der Waals surface area (Å²) in [6.45, 7) is 7.86. The molecule has 3 heteroatoms. The summed E-state index contributed by atoms with van der Waals surface area (Å²) in [6.07, 6.45) is 3.44. The van der Waals surface area contributed by atoms with Crippen LogP contribution in [0.4, 0.5) is 0 Å². The SMILES string of the molecule is C=Cc1c(C(C)C)[nH]c(=O)c2cccnc12. The zero-order valence-electron chi connectivity index (χ0n) is 9.45. The van der Waals surface area contributed by atoms with Crippen LogP contribution in [0.2, 0.25) is 0 Å². The second-order valence-electron chi connectivity index (χ2n) is 4.04. The zero-order chi connectivity index (χ0) is 11.7. The molecule has 2 rings (SSSR count). The lowest BCUT2D eigenvalue weighted by molar-refractivity contribution is 0.816. The molecule has 0 bridgehead atoms. The van der Waals surface area contributed by atoms with E-state index >= 15 is 0 Å². The minimum Gasteiger partial charge on any atom is -0.325 e. The number of rotatable bonds is 2. The summed E-state index contributed by atoms with van der Waals surface area (Å²) in [5.41, 5.74) is 2.46. The van der Waals surface area contributed by atoms with E-state index in [2.05, 4.69) is 16.5 Å². The van der Waals surface area contributed by atoms with Crippen molar-refractivity contribution in [3.63, 3.8) is 0 Å². The smallest absolute Gasteiger partial charge is 0.257 e. The van der Waals surface area contributed by atoms with Gasteiger partial charge in [0.05, 0.1) is 10.9 Å². The number of H-pyrrole nitrogens is 1. The van der Waals surface area contributed by atoms with E-state index in [4.69, 9.17) is 0 Å². The first-order valence-electron chi connectivity index (χ1n) is 5.28. The van der Waals surface area contributed by atoms with Crippen LogP contribution in [0, 0.1) is 0 Å². The van der Waals surface area contributed by atoms with Gasteiger partial charge in [-0.25, -0.2) is 0 Å². The maximum atomic E-state index is 11.8. The monoisotopic (exact) mass is 214 g/mol. The summed E-state index contributed by atoms with van der Waals surface area (Å²) in [7, 11) is 0. The third-order valence-electron chi connectivity index (χ3n) is 2.63. The highest BCUT2D eigenvalue weighted by molar-refractivity contribution is 5.86. The van der Waals surface area contributed by atoms with E-state index < -0.39 is 0 Å². The molecule has 0 aromatic carbocycles. The van der Waals surface area contributed by atoms with Crippen LogP contribution in [0.5, 0.6) is 0 Å². The Morgan fingerprint density at radius 1 is 1.50 bits per heavy atom. The van der Waals surface area contributed by atoms with Crippen molar-refractivity contribution in [3.8, 4) is 0 Å². The van der Waals surface area contributed by atoms with Crippen molar-refractivity contribution in [1.29, 1.82) is 0 Å². The summed E-state index contributed by atoms with van der Waals surface area (Å²) >= 11 is 0. The highest BCUT2D eigenvalue weighted by Crippen LogP contribution is 2.22. The molecule has 16 heavy (non-hydrogen) atoms. The van der Waals surface area contributed by atoms with Gasteiger partial charge in [0.2, 0.25) is 0 Å². The van der Waals surface area contributed by atoms with Gasteiger partial charge in [-0.15, -0.1) is 0 Å². The van der Waals surface area contributed by atoms with Crippen LogP contribution >= 0.6 is 0 Å². The van der Waals surface area contributed by atoms with Crippen molar-refractivity contribution in [2.45, 2.75) is 19.8 Å². The third kappa shape index (κ3) is 1.54. The van der Waals surface area contributed by atoms with Gasteiger partial charge in [-0.1, -0.05) is 26.5 Å². The summed E-state index contributed by atoms with van der Waals surface area (Å²) in [5.74, 6) is 0.243. The predicted molar refractivity (Wildman–Crippen MR) is 66.5 cm³/mol. The average molecular weight is 214 g/mol. The van der Waals surface area contributed by atoms with E-state index in [1.54, 1.807) is 24.4 Å². The average Bonchev–Trinajstić information content (AvgIpc) is 2.29. The molecule has 2 aromatic rings. The van der Waals surface area contributed by atoms with Gasteiger partial charge in [0.1, 0.15) is 0 Å². The van der Waals surface area contributed by atoms with Gasteiger partial charge in [0, 0.05) is 17.5 Å². The van der Waals surface area contributed by atoms with Gasteiger partial charge in [0.15, 0.2) is 0 Å².